The first-order valence-electron chi connectivity index (χ1n) is 17.6. The molecule has 11 heteroatoms. The van der Waals surface area contributed by atoms with Gasteiger partial charge >= 0.3 is 12.1 Å². The first-order valence-corrected chi connectivity index (χ1v) is 17.6. The van der Waals surface area contributed by atoms with Crippen LogP contribution in [0.5, 0.6) is 11.5 Å². The minimum absolute atomic E-state index is 0.00625. The van der Waals surface area contributed by atoms with Gasteiger partial charge in [-0.25, -0.2) is 15.0 Å². The van der Waals surface area contributed by atoms with Gasteiger partial charge in [0.2, 0.25) is 0 Å². The zero-order valence-corrected chi connectivity index (χ0v) is 30.3. The molecule has 2 amide bonds. The minimum Gasteiger partial charge on any atom is -0.504 e. The van der Waals surface area contributed by atoms with Crippen LogP contribution in [0.15, 0.2) is 140 Å². The number of ether oxygens (including phenoxy) is 4. The number of hydrazine groups is 1. The Morgan fingerprint density at radius 1 is 0.648 bits per heavy atom. The summed E-state index contributed by atoms with van der Waals surface area (Å²) in [6.45, 7) is 3.63. The van der Waals surface area contributed by atoms with Crippen LogP contribution >= 0.6 is 0 Å². The summed E-state index contributed by atoms with van der Waals surface area (Å²) in [6, 6.07) is 40.8. The molecule has 0 radical (unpaired) electrons. The summed E-state index contributed by atoms with van der Waals surface area (Å²) in [7, 11) is 0. The number of hydrogen-bond donors (Lipinski definition) is 4. The zero-order chi connectivity index (χ0) is 38.2. The standard InChI is InChI=1S/C43H45N3O8/c1-31(51-27-32-15-7-3-8-16-32)39(44-42(50)54-30-35-21-13-6-14-22-35)40(48)45-46-43(2,41(49)53-29-34-19-11-5-12-20-34)26-36-23-24-37(47)38(25-36)52-28-33-17-9-4-10-18-33/h3-25,31,39,46-47H,26-30H2,1-2H3,(H,44,50)(H,45,48)/t31-,39+,43+/m1/s1. The van der Waals surface area contributed by atoms with E-state index in [2.05, 4.69) is 16.2 Å². The van der Waals surface area contributed by atoms with E-state index < -0.39 is 35.7 Å². The van der Waals surface area contributed by atoms with Crippen LogP contribution in [0.3, 0.4) is 0 Å². The Labute approximate surface area is 315 Å². The third-order valence-electron chi connectivity index (χ3n) is 8.54. The Balaban J connectivity index is 1.32. The number of alkyl carbamates (subject to hydrolysis) is 1. The van der Waals surface area contributed by atoms with E-state index in [-0.39, 0.29) is 44.3 Å². The van der Waals surface area contributed by atoms with Crippen LogP contribution in [0.2, 0.25) is 0 Å². The van der Waals surface area contributed by atoms with E-state index in [9.17, 15) is 19.5 Å². The van der Waals surface area contributed by atoms with Crippen molar-refractivity contribution >= 4 is 18.0 Å². The Morgan fingerprint density at radius 2 is 1.15 bits per heavy atom. The van der Waals surface area contributed by atoms with Crippen LogP contribution in [0.1, 0.15) is 41.7 Å². The maximum absolute atomic E-state index is 13.9. The van der Waals surface area contributed by atoms with Gasteiger partial charge in [0.05, 0.1) is 12.7 Å². The molecule has 0 aromatic heterocycles. The Kier molecular flexibility index (Phi) is 14.2. The molecule has 4 N–H and O–H groups in total. The highest BCUT2D eigenvalue weighted by atomic mass is 16.6. The Bertz CT molecular complexity index is 1930. The van der Waals surface area contributed by atoms with Gasteiger partial charge < -0.3 is 29.4 Å². The average molecular weight is 732 g/mol. The summed E-state index contributed by atoms with van der Waals surface area (Å²) in [5.74, 6) is -1.19. The quantitative estimate of drug-likeness (QED) is 0.0584. The van der Waals surface area contributed by atoms with Gasteiger partial charge in [-0.15, -0.1) is 0 Å². The lowest BCUT2D eigenvalue weighted by molar-refractivity contribution is -0.153. The van der Waals surface area contributed by atoms with Gasteiger partial charge in [-0.3, -0.25) is 10.2 Å². The van der Waals surface area contributed by atoms with E-state index in [0.717, 1.165) is 22.3 Å². The van der Waals surface area contributed by atoms with Gasteiger partial charge in [-0.05, 0) is 53.8 Å². The van der Waals surface area contributed by atoms with Crippen molar-refractivity contribution in [2.45, 2.75) is 64.4 Å². The highest BCUT2D eigenvalue weighted by molar-refractivity contribution is 5.87. The van der Waals surface area contributed by atoms with Crippen LogP contribution in [0.25, 0.3) is 0 Å². The summed E-state index contributed by atoms with van der Waals surface area (Å²) in [5.41, 5.74) is 7.93. The molecular weight excluding hydrogens is 686 g/mol. The SMILES string of the molecule is C[C@@H](OCc1ccccc1)[C@H](NC(=O)OCc1ccccc1)C(=O)NN[C@@](C)(Cc1ccc(O)c(OCc2ccccc2)c1)C(=O)OCc1ccccc1. The second-order valence-electron chi connectivity index (χ2n) is 12.9. The van der Waals surface area contributed by atoms with E-state index >= 15 is 0 Å². The average Bonchev–Trinajstić information content (AvgIpc) is 3.21. The van der Waals surface area contributed by atoms with Crippen molar-refractivity contribution in [3.63, 3.8) is 0 Å². The third kappa shape index (κ3) is 11.9. The number of nitrogens with one attached hydrogen (secondary N) is 3. The Morgan fingerprint density at radius 3 is 1.70 bits per heavy atom. The van der Waals surface area contributed by atoms with Crippen molar-refractivity contribution in [3.8, 4) is 11.5 Å². The largest absolute Gasteiger partial charge is 0.504 e. The molecular formula is C43H45N3O8. The molecule has 280 valence electrons. The number of carbonyl (C=O) groups is 3. The predicted molar refractivity (Wildman–Crippen MR) is 203 cm³/mol. The van der Waals surface area contributed by atoms with Gasteiger partial charge in [0, 0.05) is 6.42 Å². The predicted octanol–water partition coefficient (Wildman–Crippen LogP) is 6.54. The van der Waals surface area contributed by atoms with Gasteiger partial charge in [0.1, 0.15) is 31.4 Å². The topological polar surface area (TPSA) is 144 Å². The second kappa shape index (κ2) is 19.6. The Hall–Kier alpha value is -6.17. The zero-order valence-electron chi connectivity index (χ0n) is 30.3. The van der Waals surface area contributed by atoms with Crippen molar-refractivity contribution in [1.82, 2.24) is 16.2 Å². The number of carbonyl (C=O) groups excluding carboxylic acids is 3. The van der Waals surface area contributed by atoms with Crippen molar-refractivity contribution in [3.05, 3.63) is 167 Å². The van der Waals surface area contributed by atoms with Crippen LogP contribution in [0, 0.1) is 0 Å². The number of amides is 2. The van der Waals surface area contributed by atoms with E-state index in [0.29, 0.717) is 5.56 Å². The molecule has 0 fully saturated rings. The van der Waals surface area contributed by atoms with Gasteiger partial charge in [-0.1, -0.05) is 127 Å². The molecule has 0 aliphatic carbocycles. The first-order chi connectivity index (χ1) is 26.2. The third-order valence-corrected chi connectivity index (χ3v) is 8.54. The van der Waals surface area contributed by atoms with E-state index in [1.165, 1.54) is 6.07 Å². The summed E-state index contributed by atoms with van der Waals surface area (Å²) < 4.78 is 23.1. The normalized spacial score (nSPS) is 13.1. The van der Waals surface area contributed by atoms with Crippen LogP contribution in [0.4, 0.5) is 4.79 Å². The van der Waals surface area contributed by atoms with E-state index in [4.69, 9.17) is 18.9 Å². The molecule has 54 heavy (non-hydrogen) atoms. The summed E-state index contributed by atoms with van der Waals surface area (Å²) >= 11 is 0. The number of benzene rings is 5. The number of phenols is 1. The summed E-state index contributed by atoms with van der Waals surface area (Å²) in [5, 5.41) is 13.2. The van der Waals surface area contributed by atoms with Crippen molar-refractivity contribution in [2.75, 3.05) is 0 Å². The van der Waals surface area contributed by atoms with Gasteiger partial charge in [0.15, 0.2) is 11.5 Å². The fourth-order valence-electron chi connectivity index (χ4n) is 5.44. The summed E-state index contributed by atoms with van der Waals surface area (Å²) in [6.07, 6.45) is -1.64. The molecule has 3 atom stereocenters. The lowest BCUT2D eigenvalue weighted by atomic mass is 9.93. The fraction of sp³-hybridized carbons (Fsp3) is 0.233. The van der Waals surface area contributed by atoms with Gasteiger partial charge in [-0.2, -0.15) is 0 Å². The van der Waals surface area contributed by atoms with Crippen LogP contribution < -0.4 is 20.9 Å². The highest BCUT2D eigenvalue weighted by Crippen LogP contribution is 2.29. The number of esters is 1. The molecule has 0 unspecified atom stereocenters. The molecule has 0 saturated heterocycles. The van der Waals surface area contributed by atoms with Gasteiger partial charge in [0.25, 0.3) is 5.91 Å². The maximum atomic E-state index is 13.9. The van der Waals surface area contributed by atoms with Crippen molar-refractivity contribution in [2.24, 2.45) is 0 Å². The lowest BCUT2D eigenvalue weighted by Gasteiger charge is -2.31. The molecule has 0 saturated carbocycles. The number of aromatic hydroxyl groups is 1. The monoisotopic (exact) mass is 731 g/mol. The van der Waals surface area contributed by atoms with Crippen molar-refractivity contribution < 1.29 is 38.4 Å². The summed E-state index contributed by atoms with van der Waals surface area (Å²) in [4.78, 5) is 40.7. The second-order valence-corrected chi connectivity index (χ2v) is 12.9. The molecule has 0 aliphatic rings. The lowest BCUT2D eigenvalue weighted by Crippen LogP contribution is -2.63. The minimum atomic E-state index is -1.54. The molecule has 5 rings (SSSR count). The van der Waals surface area contributed by atoms with E-state index in [1.807, 2.05) is 121 Å². The number of rotatable bonds is 18. The smallest absolute Gasteiger partial charge is 0.408 e. The van der Waals surface area contributed by atoms with Crippen LogP contribution in [-0.2, 0) is 56.6 Å². The molecule has 0 bridgehead atoms. The molecule has 0 spiro atoms. The first kappa shape index (κ1) is 39.0. The highest BCUT2D eigenvalue weighted by Gasteiger charge is 2.38. The maximum Gasteiger partial charge on any atom is 0.408 e. The molecule has 5 aromatic rings. The number of hydrogen-bond acceptors (Lipinski definition) is 9. The molecule has 0 heterocycles. The van der Waals surface area contributed by atoms with Crippen LogP contribution in [-0.4, -0.2) is 40.8 Å². The van der Waals surface area contributed by atoms with E-state index in [1.54, 1.807) is 26.0 Å². The molecule has 0 aliphatic heterocycles. The number of phenolic OH excluding ortho intramolecular Hbond substituents is 1. The molecule has 5 aromatic carbocycles. The fourth-order valence-corrected chi connectivity index (χ4v) is 5.44. The van der Waals surface area contributed by atoms with Crippen molar-refractivity contribution in [1.29, 1.82) is 0 Å². The molecule has 11 nitrogen and oxygen atoms in total.